The van der Waals surface area contributed by atoms with Gasteiger partial charge in [0.1, 0.15) is 28.8 Å². The van der Waals surface area contributed by atoms with Crippen molar-refractivity contribution in [3.05, 3.63) is 72.4 Å². The van der Waals surface area contributed by atoms with Gasteiger partial charge in [0.05, 0.1) is 5.69 Å². The molecule has 0 radical (unpaired) electrons. The summed E-state index contributed by atoms with van der Waals surface area (Å²) < 4.78 is 72.9. The molecular formula is C19H12F5N3O3. The van der Waals surface area contributed by atoms with Crippen molar-refractivity contribution in [1.29, 1.82) is 0 Å². The van der Waals surface area contributed by atoms with Gasteiger partial charge >= 0.3 is 12.4 Å². The van der Waals surface area contributed by atoms with E-state index >= 15 is 0 Å². The Morgan fingerprint density at radius 3 is 2.37 bits per heavy atom. The molecule has 2 aromatic carbocycles. The van der Waals surface area contributed by atoms with E-state index in [1.165, 1.54) is 30.5 Å². The Balaban J connectivity index is 1.73. The number of ether oxygens (including phenoxy) is 2. The van der Waals surface area contributed by atoms with Crippen molar-refractivity contribution in [3.63, 3.8) is 0 Å². The second-order valence-electron chi connectivity index (χ2n) is 5.68. The van der Waals surface area contributed by atoms with Crippen LogP contribution in [-0.2, 0) is 0 Å². The standard InChI is InChI=1S/C19H12F5N3O3/c20-11-6-7-15(14(21)9-11)26-18(28)27-16-5-2-8-25-17(16)29-12-3-1-4-13(10-12)30-19(22,23)24/h1-10H,(H2,26,27,28). The molecule has 3 rings (SSSR count). The minimum Gasteiger partial charge on any atom is -0.437 e. The van der Waals surface area contributed by atoms with E-state index in [2.05, 4.69) is 20.4 Å². The first-order valence-corrected chi connectivity index (χ1v) is 8.21. The summed E-state index contributed by atoms with van der Waals surface area (Å²) in [6.07, 6.45) is -3.54. The maximum absolute atomic E-state index is 13.7. The number of nitrogens with zero attached hydrogens (tertiary/aromatic N) is 1. The molecule has 0 saturated heterocycles. The molecule has 156 valence electrons. The molecule has 0 saturated carbocycles. The number of carbonyl (C=O) groups is 1. The Bertz CT molecular complexity index is 1060. The van der Waals surface area contributed by atoms with Crippen LogP contribution in [0.4, 0.5) is 38.1 Å². The first-order chi connectivity index (χ1) is 14.2. The van der Waals surface area contributed by atoms with Crippen LogP contribution < -0.4 is 20.1 Å². The van der Waals surface area contributed by atoms with Crippen LogP contribution in [0.3, 0.4) is 0 Å². The van der Waals surface area contributed by atoms with Gasteiger partial charge in [0.2, 0.25) is 5.88 Å². The number of benzene rings is 2. The molecule has 0 atom stereocenters. The molecule has 11 heteroatoms. The van der Waals surface area contributed by atoms with Gasteiger partial charge in [-0.3, -0.25) is 0 Å². The highest BCUT2D eigenvalue weighted by Gasteiger charge is 2.31. The number of anilines is 2. The van der Waals surface area contributed by atoms with Crippen molar-refractivity contribution in [2.24, 2.45) is 0 Å². The third-order valence-corrected chi connectivity index (χ3v) is 3.45. The second-order valence-corrected chi connectivity index (χ2v) is 5.68. The van der Waals surface area contributed by atoms with Crippen LogP contribution in [0.15, 0.2) is 60.8 Å². The summed E-state index contributed by atoms with van der Waals surface area (Å²) in [7, 11) is 0. The maximum Gasteiger partial charge on any atom is 0.573 e. The smallest absolute Gasteiger partial charge is 0.437 e. The van der Waals surface area contributed by atoms with Crippen LogP contribution in [0.2, 0.25) is 0 Å². The zero-order chi connectivity index (χ0) is 21.7. The summed E-state index contributed by atoms with van der Waals surface area (Å²) in [4.78, 5) is 16.0. The number of aromatic nitrogens is 1. The number of amides is 2. The highest BCUT2D eigenvalue weighted by molar-refractivity contribution is 6.00. The lowest BCUT2D eigenvalue weighted by molar-refractivity contribution is -0.274. The summed E-state index contributed by atoms with van der Waals surface area (Å²) in [5, 5.41) is 4.56. The molecule has 1 heterocycles. The molecule has 0 unspecified atom stereocenters. The fourth-order valence-corrected chi connectivity index (χ4v) is 2.28. The van der Waals surface area contributed by atoms with E-state index in [1.54, 1.807) is 0 Å². The van der Waals surface area contributed by atoms with Crippen LogP contribution in [0.1, 0.15) is 0 Å². The van der Waals surface area contributed by atoms with Crippen LogP contribution in [0.5, 0.6) is 17.4 Å². The quantitative estimate of drug-likeness (QED) is 0.515. The number of hydrogen-bond acceptors (Lipinski definition) is 4. The molecule has 1 aromatic heterocycles. The van der Waals surface area contributed by atoms with Gasteiger partial charge in [-0.2, -0.15) is 0 Å². The maximum atomic E-state index is 13.7. The molecule has 0 aliphatic carbocycles. The average Bonchev–Trinajstić information content (AvgIpc) is 2.64. The molecule has 2 amide bonds. The van der Waals surface area contributed by atoms with Gasteiger partial charge in [0.15, 0.2) is 0 Å². The summed E-state index contributed by atoms with van der Waals surface area (Å²) in [6, 6.07) is 9.29. The minimum absolute atomic E-state index is 0.0384. The zero-order valence-electron chi connectivity index (χ0n) is 14.8. The Morgan fingerprint density at radius 2 is 1.63 bits per heavy atom. The fourth-order valence-electron chi connectivity index (χ4n) is 2.28. The molecule has 0 spiro atoms. The SMILES string of the molecule is O=C(Nc1ccc(F)cc1F)Nc1cccnc1Oc1cccc(OC(F)(F)F)c1. The summed E-state index contributed by atoms with van der Waals surface area (Å²) in [6.45, 7) is 0. The minimum atomic E-state index is -4.87. The molecule has 0 aliphatic heterocycles. The van der Waals surface area contributed by atoms with Gasteiger partial charge in [-0.05, 0) is 36.4 Å². The van der Waals surface area contributed by atoms with E-state index in [0.29, 0.717) is 6.07 Å². The van der Waals surface area contributed by atoms with Crippen molar-refractivity contribution in [2.75, 3.05) is 10.6 Å². The predicted molar refractivity (Wildman–Crippen MR) is 96.4 cm³/mol. The monoisotopic (exact) mass is 425 g/mol. The molecule has 2 N–H and O–H groups in total. The normalized spacial score (nSPS) is 11.0. The second kappa shape index (κ2) is 8.64. The fraction of sp³-hybridized carbons (Fsp3) is 0.0526. The van der Waals surface area contributed by atoms with Crippen molar-refractivity contribution in [3.8, 4) is 17.4 Å². The summed E-state index contributed by atoms with van der Waals surface area (Å²) in [5.74, 6) is -2.47. The zero-order valence-corrected chi connectivity index (χ0v) is 14.8. The Labute approximate surface area is 166 Å². The molecule has 6 nitrogen and oxygen atoms in total. The van der Waals surface area contributed by atoms with E-state index in [-0.39, 0.29) is 23.0 Å². The van der Waals surface area contributed by atoms with Gasteiger partial charge in [0.25, 0.3) is 0 Å². The molecule has 0 bridgehead atoms. The lowest BCUT2D eigenvalue weighted by atomic mass is 10.3. The molecule has 0 fully saturated rings. The number of urea groups is 1. The lowest BCUT2D eigenvalue weighted by Gasteiger charge is -2.13. The number of rotatable bonds is 5. The van der Waals surface area contributed by atoms with E-state index in [4.69, 9.17) is 4.74 Å². The van der Waals surface area contributed by atoms with Crippen molar-refractivity contribution in [2.45, 2.75) is 6.36 Å². The number of halogens is 5. The van der Waals surface area contributed by atoms with Crippen molar-refractivity contribution in [1.82, 2.24) is 4.98 Å². The van der Waals surface area contributed by atoms with Gasteiger partial charge < -0.3 is 20.1 Å². The topological polar surface area (TPSA) is 72.5 Å². The van der Waals surface area contributed by atoms with Gasteiger partial charge in [-0.25, -0.2) is 18.6 Å². The highest BCUT2D eigenvalue weighted by Crippen LogP contribution is 2.31. The predicted octanol–water partition coefficient (Wildman–Crippen LogP) is 5.69. The number of pyridine rings is 1. The lowest BCUT2D eigenvalue weighted by Crippen LogP contribution is -2.20. The Kier molecular flexibility index (Phi) is 6.00. The van der Waals surface area contributed by atoms with Crippen LogP contribution in [0.25, 0.3) is 0 Å². The summed E-state index contributed by atoms with van der Waals surface area (Å²) >= 11 is 0. The van der Waals surface area contributed by atoms with Crippen LogP contribution >= 0.6 is 0 Å². The van der Waals surface area contributed by atoms with Crippen molar-refractivity contribution >= 4 is 17.4 Å². The molecule has 30 heavy (non-hydrogen) atoms. The van der Waals surface area contributed by atoms with Gasteiger partial charge in [-0.15, -0.1) is 13.2 Å². The van der Waals surface area contributed by atoms with Crippen molar-refractivity contribution < 1.29 is 36.2 Å². The first-order valence-electron chi connectivity index (χ1n) is 8.21. The van der Waals surface area contributed by atoms with E-state index in [0.717, 1.165) is 24.3 Å². The highest BCUT2D eigenvalue weighted by atomic mass is 19.4. The number of nitrogens with one attached hydrogen (secondary N) is 2. The number of carbonyl (C=O) groups excluding carboxylic acids is 1. The third kappa shape index (κ3) is 5.80. The first kappa shape index (κ1) is 20.8. The Morgan fingerprint density at radius 1 is 0.900 bits per heavy atom. The van der Waals surface area contributed by atoms with Crippen LogP contribution in [-0.4, -0.2) is 17.4 Å². The number of hydrogen-bond donors (Lipinski definition) is 2. The van der Waals surface area contributed by atoms with Gasteiger partial charge in [-0.1, -0.05) is 6.07 Å². The van der Waals surface area contributed by atoms with E-state index in [1.807, 2.05) is 0 Å². The van der Waals surface area contributed by atoms with Crippen LogP contribution in [0, 0.1) is 11.6 Å². The summed E-state index contributed by atoms with van der Waals surface area (Å²) in [5.41, 5.74) is -0.225. The Hall–Kier alpha value is -3.89. The number of alkyl halides is 3. The van der Waals surface area contributed by atoms with E-state index in [9.17, 15) is 26.7 Å². The molecule has 3 aromatic rings. The average molecular weight is 425 g/mol. The molecule has 0 aliphatic rings. The van der Waals surface area contributed by atoms with E-state index < -0.39 is 29.8 Å². The molecular weight excluding hydrogens is 413 g/mol. The van der Waals surface area contributed by atoms with Gasteiger partial charge in [0, 0.05) is 18.3 Å². The largest absolute Gasteiger partial charge is 0.573 e. The third-order valence-electron chi connectivity index (χ3n) is 3.45.